The number of nitrogens with two attached hydrogens (primary N) is 1. The quantitative estimate of drug-likeness (QED) is 0.801. The van der Waals surface area contributed by atoms with Crippen LogP contribution in [0.3, 0.4) is 0 Å². The van der Waals surface area contributed by atoms with Gasteiger partial charge in [-0.3, -0.25) is 0 Å². The molecule has 3 heteroatoms. The van der Waals surface area contributed by atoms with Gasteiger partial charge in [-0.25, -0.2) is 0 Å². The highest BCUT2D eigenvalue weighted by Crippen LogP contribution is 2.28. The van der Waals surface area contributed by atoms with Gasteiger partial charge < -0.3 is 5.73 Å². The smallest absolute Gasteiger partial charge is 0.0186 e. The van der Waals surface area contributed by atoms with Gasteiger partial charge in [0.05, 0.1) is 0 Å². The lowest BCUT2D eigenvalue weighted by atomic mass is 10.1. The first kappa shape index (κ1) is 14.1. The Morgan fingerprint density at radius 2 is 2.19 bits per heavy atom. The third-order valence-electron chi connectivity index (χ3n) is 2.66. The minimum atomic E-state index is 0.721. The average Bonchev–Trinajstić information content (AvgIpc) is 2.29. The predicted octanol–water partition coefficient (Wildman–Crippen LogP) is 4.09. The summed E-state index contributed by atoms with van der Waals surface area (Å²) in [6.45, 7) is 5.26. The first-order chi connectivity index (χ1) is 7.67. The monoisotopic (exact) mass is 301 g/mol. The van der Waals surface area contributed by atoms with Crippen molar-refractivity contribution < 1.29 is 0 Å². The van der Waals surface area contributed by atoms with Crippen LogP contribution in [0.5, 0.6) is 0 Å². The number of rotatable bonds is 6. The van der Waals surface area contributed by atoms with E-state index >= 15 is 0 Å². The van der Waals surface area contributed by atoms with Gasteiger partial charge in [0.2, 0.25) is 0 Å². The molecule has 0 heterocycles. The van der Waals surface area contributed by atoms with E-state index in [0.29, 0.717) is 0 Å². The summed E-state index contributed by atoms with van der Waals surface area (Å²) in [6.07, 6.45) is 2.21. The van der Waals surface area contributed by atoms with E-state index in [9.17, 15) is 0 Å². The van der Waals surface area contributed by atoms with Crippen molar-refractivity contribution in [3.63, 3.8) is 0 Å². The highest BCUT2D eigenvalue weighted by atomic mass is 79.9. The molecular formula is C13H20BrNS. The van der Waals surface area contributed by atoms with Gasteiger partial charge in [-0.15, -0.1) is 11.8 Å². The van der Waals surface area contributed by atoms with E-state index in [2.05, 4.69) is 48.0 Å². The number of benzene rings is 1. The number of halogens is 1. The van der Waals surface area contributed by atoms with E-state index in [4.69, 9.17) is 5.73 Å². The number of thioether (sulfide) groups is 1. The third kappa shape index (κ3) is 4.48. The Hall–Kier alpha value is 0.01000. The molecule has 1 unspecified atom stereocenters. The fourth-order valence-corrected chi connectivity index (χ4v) is 3.15. The van der Waals surface area contributed by atoms with Crippen LogP contribution in [0.1, 0.15) is 25.8 Å². The van der Waals surface area contributed by atoms with Crippen molar-refractivity contribution in [3.05, 3.63) is 28.2 Å². The number of hydrogen-bond acceptors (Lipinski definition) is 2. The van der Waals surface area contributed by atoms with E-state index in [-0.39, 0.29) is 0 Å². The molecule has 1 nitrogen and oxygen atoms in total. The van der Waals surface area contributed by atoms with E-state index in [1.807, 2.05) is 11.8 Å². The Bertz CT molecular complexity index is 328. The third-order valence-corrected chi connectivity index (χ3v) is 4.58. The second-order valence-electron chi connectivity index (χ2n) is 4.12. The molecule has 0 spiro atoms. The number of hydrogen-bond donors (Lipinski definition) is 1. The van der Waals surface area contributed by atoms with E-state index in [1.165, 1.54) is 22.6 Å². The average molecular weight is 302 g/mol. The molecule has 0 amide bonds. The fraction of sp³-hybridized carbons (Fsp3) is 0.538. The molecule has 2 N–H and O–H groups in total. The van der Waals surface area contributed by atoms with Crippen molar-refractivity contribution in [2.45, 2.75) is 31.6 Å². The highest BCUT2D eigenvalue weighted by molar-refractivity contribution is 9.10. The molecule has 0 saturated carbocycles. The van der Waals surface area contributed by atoms with Gasteiger partial charge in [-0.1, -0.05) is 42.3 Å². The minimum absolute atomic E-state index is 0.721. The van der Waals surface area contributed by atoms with E-state index < -0.39 is 0 Å². The van der Waals surface area contributed by atoms with Crippen molar-refractivity contribution >= 4 is 27.7 Å². The van der Waals surface area contributed by atoms with Gasteiger partial charge >= 0.3 is 0 Å². The van der Waals surface area contributed by atoms with Crippen molar-refractivity contribution in [2.24, 2.45) is 11.7 Å². The molecule has 0 fully saturated rings. The molecule has 0 aliphatic carbocycles. The Morgan fingerprint density at radius 1 is 1.44 bits per heavy atom. The Morgan fingerprint density at radius 3 is 2.81 bits per heavy atom. The molecule has 0 aromatic heterocycles. The highest BCUT2D eigenvalue weighted by Gasteiger charge is 2.06. The maximum absolute atomic E-state index is 5.63. The Balaban J connectivity index is 2.71. The lowest BCUT2D eigenvalue weighted by Gasteiger charge is -2.12. The van der Waals surface area contributed by atoms with Crippen LogP contribution in [0.4, 0.5) is 0 Å². The Kier molecular flexibility index (Phi) is 6.47. The summed E-state index contributed by atoms with van der Waals surface area (Å²) < 4.78 is 1.15. The summed E-state index contributed by atoms with van der Waals surface area (Å²) >= 11 is 5.48. The second kappa shape index (κ2) is 7.36. The molecule has 0 bridgehead atoms. The maximum Gasteiger partial charge on any atom is 0.0186 e. The zero-order chi connectivity index (χ0) is 12.0. The van der Waals surface area contributed by atoms with Crippen molar-refractivity contribution in [3.8, 4) is 0 Å². The molecule has 1 rings (SSSR count). The summed E-state index contributed by atoms with van der Waals surface area (Å²) in [4.78, 5) is 1.38. The van der Waals surface area contributed by atoms with Gasteiger partial charge in [-0.05, 0) is 36.6 Å². The van der Waals surface area contributed by atoms with Crippen molar-refractivity contribution in [2.75, 3.05) is 12.3 Å². The minimum Gasteiger partial charge on any atom is -0.330 e. The molecule has 0 saturated heterocycles. The molecule has 1 aromatic carbocycles. The van der Waals surface area contributed by atoms with Crippen LogP contribution in [-0.4, -0.2) is 12.3 Å². The predicted molar refractivity (Wildman–Crippen MR) is 77.1 cm³/mol. The first-order valence-electron chi connectivity index (χ1n) is 5.78. The lowest BCUT2D eigenvalue weighted by molar-refractivity contribution is 0.637. The normalized spacial score (nSPS) is 12.8. The Labute approximate surface area is 111 Å². The summed E-state index contributed by atoms with van der Waals surface area (Å²) in [5, 5.41) is 0. The molecule has 1 atom stereocenters. The molecule has 16 heavy (non-hydrogen) atoms. The summed E-state index contributed by atoms with van der Waals surface area (Å²) in [7, 11) is 0. The van der Waals surface area contributed by atoms with E-state index in [1.54, 1.807) is 0 Å². The van der Waals surface area contributed by atoms with Gasteiger partial charge in [0.15, 0.2) is 0 Å². The first-order valence-corrected chi connectivity index (χ1v) is 7.56. The van der Waals surface area contributed by atoms with Crippen LogP contribution in [0.15, 0.2) is 27.6 Å². The molecule has 1 aromatic rings. The summed E-state index contributed by atoms with van der Waals surface area (Å²) in [5.41, 5.74) is 7.00. The fourth-order valence-electron chi connectivity index (χ4n) is 1.37. The molecule has 90 valence electrons. The van der Waals surface area contributed by atoms with Gasteiger partial charge in [0.1, 0.15) is 0 Å². The molecule has 0 aliphatic heterocycles. The van der Waals surface area contributed by atoms with Crippen molar-refractivity contribution in [1.29, 1.82) is 0 Å². The summed E-state index contributed by atoms with van der Waals surface area (Å²) in [6, 6.07) is 6.48. The topological polar surface area (TPSA) is 26.0 Å². The molecule has 0 radical (unpaired) electrons. The maximum atomic E-state index is 5.63. The largest absolute Gasteiger partial charge is 0.330 e. The van der Waals surface area contributed by atoms with Crippen LogP contribution >= 0.6 is 27.7 Å². The van der Waals surface area contributed by atoms with Crippen LogP contribution in [0, 0.1) is 5.92 Å². The van der Waals surface area contributed by atoms with Crippen LogP contribution in [0.2, 0.25) is 0 Å². The second-order valence-corrected chi connectivity index (χ2v) is 6.09. The van der Waals surface area contributed by atoms with Gasteiger partial charge in [-0.2, -0.15) is 0 Å². The van der Waals surface area contributed by atoms with Crippen LogP contribution < -0.4 is 5.73 Å². The zero-order valence-electron chi connectivity index (χ0n) is 10.0. The van der Waals surface area contributed by atoms with Crippen molar-refractivity contribution in [1.82, 2.24) is 0 Å². The van der Waals surface area contributed by atoms with E-state index in [0.717, 1.165) is 23.4 Å². The van der Waals surface area contributed by atoms with Gasteiger partial charge in [0.25, 0.3) is 0 Å². The standard InChI is InChI=1S/C13H20BrNS/c1-3-10(2)9-16-13-8-12(14)5-4-11(13)6-7-15/h4-5,8,10H,3,6-7,9,15H2,1-2H3. The molecular weight excluding hydrogens is 282 g/mol. The molecule has 0 aliphatic rings. The lowest BCUT2D eigenvalue weighted by Crippen LogP contribution is -2.04. The summed E-state index contributed by atoms with van der Waals surface area (Å²) in [5.74, 6) is 1.96. The SMILES string of the molecule is CCC(C)CSc1cc(Br)ccc1CCN. The van der Waals surface area contributed by atoms with Crippen LogP contribution in [-0.2, 0) is 6.42 Å². The van der Waals surface area contributed by atoms with Gasteiger partial charge in [0, 0.05) is 15.1 Å². The zero-order valence-corrected chi connectivity index (χ0v) is 12.4. The van der Waals surface area contributed by atoms with Crippen LogP contribution in [0.25, 0.3) is 0 Å².